The highest BCUT2D eigenvalue weighted by Gasteiger charge is 2.00. The minimum Gasteiger partial charge on any atom is -0.512 e. The van der Waals surface area contributed by atoms with Crippen molar-refractivity contribution in [2.45, 2.75) is 59.8 Å². The van der Waals surface area contributed by atoms with Gasteiger partial charge >= 0.3 is 0 Å². The maximum absolute atomic E-state index is 9.58. The van der Waals surface area contributed by atoms with E-state index in [-0.39, 0.29) is 6.61 Å². The Hall–Kier alpha value is -0.760. The average molecular weight is 240 g/mol. The number of allylic oxidation sites excluding steroid dienone is 4. The van der Waals surface area contributed by atoms with E-state index in [0.717, 1.165) is 37.7 Å². The Balaban J connectivity index is 3.83. The average Bonchev–Trinajstić information content (AvgIpc) is 2.26. The normalized spacial score (nSPS) is 13.6. The summed E-state index contributed by atoms with van der Waals surface area (Å²) in [5.41, 5.74) is 2.35. The van der Waals surface area contributed by atoms with E-state index in [1.807, 2.05) is 13.8 Å². The molecule has 0 fully saturated rings. The zero-order chi connectivity index (χ0) is 13.3. The first-order chi connectivity index (χ1) is 7.97. The van der Waals surface area contributed by atoms with Crippen LogP contribution in [-0.2, 0) is 0 Å². The monoisotopic (exact) mass is 240 g/mol. The minimum atomic E-state index is 0.290. The van der Waals surface area contributed by atoms with Gasteiger partial charge in [-0.3, -0.25) is 0 Å². The van der Waals surface area contributed by atoms with E-state index in [1.165, 1.54) is 5.57 Å². The number of hydrogen-bond donors (Lipinski definition) is 2. The number of hydrogen-bond acceptors (Lipinski definition) is 2. The molecule has 0 amide bonds. The first-order valence-corrected chi connectivity index (χ1v) is 6.59. The maximum Gasteiger partial charge on any atom is 0.0912 e. The quantitative estimate of drug-likeness (QED) is 0.489. The van der Waals surface area contributed by atoms with Gasteiger partial charge in [0.25, 0.3) is 0 Å². The van der Waals surface area contributed by atoms with Crippen molar-refractivity contribution in [2.75, 3.05) is 6.61 Å². The molecule has 0 aromatic rings. The van der Waals surface area contributed by atoms with Crippen molar-refractivity contribution in [3.05, 3.63) is 23.0 Å². The van der Waals surface area contributed by atoms with Crippen molar-refractivity contribution >= 4 is 0 Å². The topological polar surface area (TPSA) is 40.5 Å². The molecular formula is C15H28O2. The Morgan fingerprint density at radius 2 is 1.76 bits per heavy atom. The molecule has 0 saturated heterocycles. The van der Waals surface area contributed by atoms with Crippen LogP contribution in [0.3, 0.4) is 0 Å². The summed E-state index contributed by atoms with van der Waals surface area (Å²) in [6, 6.07) is 0. The summed E-state index contributed by atoms with van der Waals surface area (Å²) in [7, 11) is 0. The molecule has 1 unspecified atom stereocenters. The van der Waals surface area contributed by atoms with Crippen molar-refractivity contribution < 1.29 is 10.2 Å². The molecule has 2 heteroatoms. The predicted octanol–water partition coefficient (Wildman–Crippen LogP) is 4.36. The van der Waals surface area contributed by atoms with Crippen molar-refractivity contribution in [3.8, 4) is 0 Å². The van der Waals surface area contributed by atoms with Gasteiger partial charge in [0.15, 0.2) is 0 Å². The molecule has 0 aromatic carbocycles. The van der Waals surface area contributed by atoms with Crippen LogP contribution in [0.5, 0.6) is 0 Å². The van der Waals surface area contributed by atoms with Crippen LogP contribution in [0, 0.1) is 5.92 Å². The van der Waals surface area contributed by atoms with E-state index in [4.69, 9.17) is 5.11 Å². The predicted molar refractivity (Wildman–Crippen MR) is 74.1 cm³/mol. The van der Waals surface area contributed by atoms with E-state index < -0.39 is 0 Å². The largest absolute Gasteiger partial charge is 0.512 e. The Morgan fingerprint density at radius 3 is 2.29 bits per heavy atom. The van der Waals surface area contributed by atoms with Gasteiger partial charge in [-0.1, -0.05) is 18.6 Å². The second-order valence-electron chi connectivity index (χ2n) is 5.19. The fourth-order valence-corrected chi connectivity index (χ4v) is 1.65. The summed E-state index contributed by atoms with van der Waals surface area (Å²) in [6.07, 6.45) is 7.04. The van der Waals surface area contributed by atoms with Crippen molar-refractivity contribution in [3.63, 3.8) is 0 Å². The van der Waals surface area contributed by atoms with Crippen molar-refractivity contribution in [1.82, 2.24) is 0 Å². The summed E-state index contributed by atoms with van der Waals surface area (Å²) in [6.45, 7) is 8.46. The van der Waals surface area contributed by atoms with E-state index in [1.54, 1.807) is 0 Å². The molecule has 0 aliphatic carbocycles. The van der Waals surface area contributed by atoms with Crippen molar-refractivity contribution in [1.29, 1.82) is 0 Å². The zero-order valence-corrected chi connectivity index (χ0v) is 11.8. The molecule has 1 atom stereocenters. The van der Waals surface area contributed by atoms with Crippen LogP contribution in [0.15, 0.2) is 23.0 Å². The SMILES string of the molecule is CC(C)=C(O)CC/C(C)=C/CCC(C)CCO. The van der Waals surface area contributed by atoms with Gasteiger partial charge in [-0.05, 0) is 57.9 Å². The van der Waals surface area contributed by atoms with Crippen LogP contribution in [-0.4, -0.2) is 16.8 Å². The lowest BCUT2D eigenvalue weighted by atomic mass is 10.0. The van der Waals surface area contributed by atoms with Crippen LogP contribution in [0.4, 0.5) is 0 Å². The van der Waals surface area contributed by atoms with Gasteiger partial charge < -0.3 is 10.2 Å². The third-order valence-corrected chi connectivity index (χ3v) is 3.11. The molecule has 0 saturated carbocycles. The molecule has 100 valence electrons. The molecule has 17 heavy (non-hydrogen) atoms. The Morgan fingerprint density at radius 1 is 1.12 bits per heavy atom. The summed E-state index contributed by atoms with van der Waals surface area (Å²) in [4.78, 5) is 0. The van der Waals surface area contributed by atoms with Crippen LogP contribution in [0.1, 0.15) is 59.8 Å². The molecule has 0 aliphatic heterocycles. The van der Waals surface area contributed by atoms with Crippen LogP contribution >= 0.6 is 0 Å². The highest BCUT2D eigenvalue weighted by atomic mass is 16.3. The highest BCUT2D eigenvalue weighted by molar-refractivity contribution is 5.06. The Kier molecular flexibility index (Phi) is 8.87. The van der Waals surface area contributed by atoms with Gasteiger partial charge in [0.05, 0.1) is 5.76 Å². The van der Waals surface area contributed by atoms with Crippen molar-refractivity contribution in [2.24, 2.45) is 5.92 Å². The molecule has 0 radical (unpaired) electrons. The van der Waals surface area contributed by atoms with Crippen LogP contribution < -0.4 is 0 Å². The van der Waals surface area contributed by atoms with E-state index >= 15 is 0 Å². The molecule has 2 N–H and O–H groups in total. The summed E-state index contributed by atoms with van der Waals surface area (Å²) in [5.74, 6) is 1.11. The summed E-state index contributed by atoms with van der Waals surface area (Å²) < 4.78 is 0. The lowest BCUT2D eigenvalue weighted by Gasteiger charge is -2.08. The van der Waals surface area contributed by atoms with Gasteiger partial charge in [-0.2, -0.15) is 0 Å². The lowest BCUT2D eigenvalue weighted by molar-refractivity contribution is 0.259. The molecule has 2 nitrogen and oxygen atoms in total. The third-order valence-electron chi connectivity index (χ3n) is 3.11. The number of aliphatic hydroxyl groups is 2. The number of rotatable bonds is 8. The molecular weight excluding hydrogens is 212 g/mol. The fraction of sp³-hybridized carbons (Fsp3) is 0.733. The van der Waals surface area contributed by atoms with E-state index in [9.17, 15) is 5.11 Å². The maximum atomic E-state index is 9.58. The summed E-state index contributed by atoms with van der Waals surface area (Å²) in [5, 5.41) is 18.4. The molecule has 0 bridgehead atoms. The van der Waals surface area contributed by atoms with Crippen LogP contribution in [0.2, 0.25) is 0 Å². The van der Waals surface area contributed by atoms with Crippen LogP contribution in [0.25, 0.3) is 0 Å². The Labute approximate surface area is 106 Å². The highest BCUT2D eigenvalue weighted by Crippen LogP contribution is 2.15. The van der Waals surface area contributed by atoms with Gasteiger partial charge in [0.2, 0.25) is 0 Å². The summed E-state index contributed by atoms with van der Waals surface area (Å²) >= 11 is 0. The van der Waals surface area contributed by atoms with E-state index in [0.29, 0.717) is 11.7 Å². The molecule has 0 rings (SSSR count). The van der Waals surface area contributed by atoms with E-state index in [2.05, 4.69) is 19.9 Å². The lowest BCUT2D eigenvalue weighted by Crippen LogP contribution is -1.97. The van der Waals surface area contributed by atoms with Gasteiger partial charge in [0.1, 0.15) is 0 Å². The number of aliphatic hydroxyl groups excluding tert-OH is 2. The molecule has 0 aliphatic rings. The molecule has 0 spiro atoms. The Bertz CT molecular complexity index is 260. The first-order valence-electron chi connectivity index (χ1n) is 6.59. The second kappa shape index (κ2) is 9.29. The second-order valence-corrected chi connectivity index (χ2v) is 5.19. The fourth-order valence-electron chi connectivity index (χ4n) is 1.65. The van der Waals surface area contributed by atoms with Gasteiger partial charge in [0, 0.05) is 13.0 Å². The van der Waals surface area contributed by atoms with Gasteiger partial charge in [-0.25, -0.2) is 0 Å². The minimum absolute atomic E-state index is 0.290. The first kappa shape index (κ1) is 16.2. The third kappa shape index (κ3) is 8.99. The smallest absolute Gasteiger partial charge is 0.0912 e. The van der Waals surface area contributed by atoms with Gasteiger partial charge in [-0.15, -0.1) is 0 Å². The standard InChI is InChI=1S/C15H28O2/c1-12(2)15(17)9-8-13(3)6-5-7-14(4)10-11-16/h6,14,16-17H,5,7-11H2,1-4H3/b13-6+. The zero-order valence-electron chi connectivity index (χ0n) is 11.8. The molecule has 0 heterocycles. The molecule has 0 aromatic heterocycles.